The fourth-order valence-electron chi connectivity index (χ4n) is 3.33. The van der Waals surface area contributed by atoms with E-state index in [0.29, 0.717) is 5.92 Å². The van der Waals surface area contributed by atoms with Crippen LogP contribution >= 0.6 is 0 Å². The standard InChI is InChI=1S/C21H28N2O2/c1-14-12-20(17(4)25-14)15(2)22-21(24)23(13-18-10-11-18)16(3)19-8-6-5-7-9-19/h5-9,12,15-16,18H,10-11,13H2,1-4H3,(H,22,24). The Kier molecular flexibility index (Phi) is 5.16. The fraction of sp³-hybridized carbons (Fsp3) is 0.476. The summed E-state index contributed by atoms with van der Waals surface area (Å²) in [5.74, 6) is 2.39. The average molecular weight is 340 g/mol. The Morgan fingerprint density at radius 2 is 1.92 bits per heavy atom. The van der Waals surface area contributed by atoms with Crippen LogP contribution in [0.25, 0.3) is 0 Å². The summed E-state index contributed by atoms with van der Waals surface area (Å²) in [5.41, 5.74) is 2.21. The molecule has 4 nitrogen and oxygen atoms in total. The maximum atomic E-state index is 13.0. The van der Waals surface area contributed by atoms with Crippen LogP contribution in [-0.2, 0) is 0 Å². The fourth-order valence-corrected chi connectivity index (χ4v) is 3.33. The summed E-state index contributed by atoms with van der Waals surface area (Å²) >= 11 is 0. The van der Waals surface area contributed by atoms with Gasteiger partial charge in [-0.2, -0.15) is 0 Å². The maximum Gasteiger partial charge on any atom is 0.318 e. The molecular weight excluding hydrogens is 312 g/mol. The number of hydrogen-bond acceptors (Lipinski definition) is 2. The second-order valence-corrected chi connectivity index (χ2v) is 7.22. The largest absolute Gasteiger partial charge is 0.466 e. The van der Waals surface area contributed by atoms with Gasteiger partial charge in [-0.1, -0.05) is 30.3 Å². The van der Waals surface area contributed by atoms with Gasteiger partial charge < -0.3 is 14.6 Å². The van der Waals surface area contributed by atoms with E-state index in [9.17, 15) is 4.79 Å². The molecule has 2 unspecified atom stereocenters. The summed E-state index contributed by atoms with van der Waals surface area (Å²) in [4.78, 5) is 15.0. The highest BCUT2D eigenvalue weighted by Crippen LogP contribution is 2.33. The zero-order valence-corrected chi connectivity index (χ0v) is 15.6. The molecule has 0 saturated heterocycles. The molecule has 0 bridgehead atoms. The Labute approximate surface area is 150 Å². The van der Waals surface area contributed by atoms with Crippen LogP contribution in [0.15, 0.2) is 40.8 Å². The zero-order chi connectivity index (χ0) is 18.0. The van der Waals surface area contributed by atoms with E-state index >= 15 is 0 Å². The second kappa shape index (κ2) is 7.34. The highest BCUT2D eigenvalue weighted by Gasteiger charge is 2.31. The van der Waals surface area contributed by atoms with E-state index in [4.69, 9.17) is 4.42 Å². The molecule has 1 aliphatic carbocycles. The van der Waals surface area contributed by atoms with Crippen LogP contribution < -0.4 is 5.32 Å². The number of furan rings is 1. The van der Waals surface area contributed by atoms with E-state index in [0.717, 1.165) is 23.6 Å². The van der Waals surface area contributed by atoms with Crippen molar-refractivity contribution in [3.8, 4) is 0 Å². The summed E-state index contributed by atoms with van der Waals surface area (Å²) in [6, 6.07) is 12.2. The van der Waals surface area contributed by atoms with Gasteiger partial charge >= 0.3 is 6.03 Å². The number of benzene rings is 1. The molecular formula is C21H28N2O2. The van der Waals surface area contributed by atoms with Crippen LogP contribution in [-0.4, -0.2) is 17.5 Å². The van der Waals surface area contributed by atoms with E-state index in [2.05, 4.69) is 24.4 Å². The molecule has 4 heteroatoms. The number of urea groups is 1. The SMILES string of the molecule is Cc1cc(C(C)NC(=O)N(CC2CC2)C(C)c2ccccc2)c(C)o1. The van der Waals surface area contributed by atoms with Crippen molar-refractivity contribution in [1.29, 1.82) is 0 Å². The molecule has 25 heavy (non-hydrogen) atoms. The van der Waals surface area contributed by atoms with Crippen LogP contribution in [0.2, 0.25) is 0 Å². The quantitative estimate of drug-likeness (QED) is 0.791. The third kappa shape index (κ3) is 4.25. The van der Waals surface area contributed by atoms with Crippen molar-refractivity contribution in [2.75, 3.05) is 6.54 Å². The minimum Gasteiger partial charge on any atom is -0.466 e. The summed E-state index contributed by atoms with van der Waals surface area (Å²) in [6.07, 6.45) is 2.45. The molecule has 1 aliphatic rings. The minimum atomic E-state index is -0.0744. The molecule has 134 valence electrons. The summed E-state index contributed by atoms with van der Waals surface area (Å²) < 4.78 is 5.60. The summed E-state index contributed by atoms with van der Waals surface area (Å²) in [7, 11) is 0. The van der Waals surface area contributed by atoms with Gasteiger partial charge in [0.05, 0.1) is 12.1 Å². The van der Waals surface area contributed by atoms with Crippen molar-refractivity contribution in [1.82, 2.24) is 10.2 Å². The van der Waals surface area contributed by atoms with E-state index in [1.807, 2.05) is 49.9 Å². The van der Waals surface area contributed by atoms with Gasteiger partial charge in [0.1, 0.15) is 11.5 Å². The number of aryl methyl sites for hydroxylation is 2. The summed E-state index contributed by atoms with van der Waals surface area (Å²) in [6.45, 7) is 8.81. The topological polar surface area (TPSA) is 45.5 Å². The highest BCUT2D eigenvalue weighted by atomic mass is 16.3. The lowest BCUT2D eigenvalue weighted by Crippen LogP contribution is -2.43. The van der Waals surface area contributed by atoms with Crippen LogP contribution in [0, 0.1) is 19.8 Å². The van der Waals surface area contributed by atoms with Gasteiger partial charge in [-0.25, -0.2) is 4.79 Å². The molecule has 0 aliphatic heterocycles. The zero-order valence-electron chi connectivity index (χ0n) is 15.6. The lowest BCUT2D eigenvalue weighted by Gasteiger charge is -2.31. The highest BCUT2D eigenvalue weighted by molar-refractivity contribution is 5.75. The summed E-state index contributed by atoms with van der Waals surface area (Å²) in [5, 5.41) is 3.16. The van der Waals surface area contributed by atoms with E-state index in [1.54, 1.807) is 0 Å². The molecule has 1 N–H and O–H groups in total. The number of nitrogens with one attached hydrogen (secondary N) is 1. The van der Waals surface area contributed by atoms with E-state index in [1.165, 1.54) is 18.4 Å². The molecule has 2 amide bonds. The Hall–Kier alpha value is -2.23. The minimum absolute atomic E-state index is 0.00555. The number of carbonyl (C=O) groups excluding carboxylic acids is 1. The Bertz CT molecular complexity index is 719. The van der Waals surface area contributed by atoms with Gasteiger partial charge in [0, 0.05) is 12.1 Å². The van der Waals surface area contributed by atoms with Crippen molar-refractivity contribution in [3.63, 3.8) is 0 Å². The Morgan fingerprint density at radius 1 is 1.24 bits per heavy atom. The lowest BCUT2D eigenvalue weighted by molar-refractivity contribution is 0.172. The number of carbonyl (C=O) groups is 1. The number of hydrogen-bond donors (Lipinski definition) is 1. The van der Waals surface area contributed by atoms with Crippen molar-refractivity contribution in [3.05, 3.63) is 59.0 Å². The van der Waals surface area contributed by atoms with Gasteiger partial charge in [0.2, 0.25) is 0 Å². The van der Waals surface area contributed by atoms with E-state index in [-0.39, 0.29) is 18.1 Å². The van der Waals surface area contributed by atoms with Gasteiger partial charge in [-0.05, 0) is 58.1 Å². The van der Waals surface area contributed by atoms with Crippen LogP contribution in [0.1, 0.15) is 61.4 Å². The first-order valence-corrected chi connectivity index (χ1v) is 9.14. The Balaban J connectivity index is 1.73. The first-order chi connectivity index (χ1) is 12.0. The molecule has 1 fully saturated rings. The number of rotatable bonds is 6. The third-order valence-corrected chi connectivity index (χ3v) is 5.05. The van der Waals surface area contributed by atoms with Gasteiger partial charge in [0.25, 0.3) is 0 Å². The monoisotopic (exact) mass is 340 g/mol. The first kappa shape index (κ1) is 17.6. The predicted octanol–water partition coefficient (Wildman–Crippen LogP) is 5.14. The molecule has 1 saturated carbocycles. The normalized spacial score (nSPS) is 16.3. The molecule has 1 aromatic carbocycles. The second-order valence-electron chi connectivity index (χ2n) is 7.22. The number of amides is 2. The van der Waals surface area contributed by atoms with Gasteiger partial charge in [0.15, 0.2) is 0 Å². The molecule has 3 rings (SSSR count). The first-order valence-electron chi connectivity index (χ1n) is 9.14. The molecule has 2 aromatic rings. The molecule has 0 spiro atoms. The van der Waals surface area contributed by atoms with E-state index < -0.39 is 0 Å². The van der Waals surface area contributed by atoms with Crippen LogP contribution in [0.5, 0.6) is 0 Å². The van der Waals surface area contributed by atoms with Crippen molar-refractivity contribution in [2.45, 2.75) is 52.6 Å². The number of nitrogens with zero attached hydrogens (tertiary/aromatic N) is 1. The van der Waals surface area contributed by atoms with Crippen LogP contribution in [0.4, 0.5) is 4.79 Å². The van der Waals surface area contributed by atoms with Crippen LogP contribution in [0.3, 0.4) is 0 Å². The molecule has 0 radical (unpaired) electrons. The van der Waals surface area contributed by atoms with Crippen molar-refractivity contribution >= 4 is 6.03 Å². The predicted molar refractivity (Wildman–Crippen MR) is 99.4 cm³/mol. The molecule has 1 heterocycles. The van der Waals surface area contributed by atoms with Gasteiger partial charge in [-0.3, -0.25) is 0 Å². The molecule has 2 atom stereocenters. The maximum absolute atomic E-state index is 13.0. The Morgan fingerprint density at radius 3 is 2.48 bits per heavy atom. The third-order valence-electron chi connectivity index (χ3n) is 5.05. The van der Waals surface area contributed by atoms with Crippen molar-refractivity contribution < 1.29 is 9.21 Å². The smallest absolute Gasteiger partial charge is 0.318 e. The molecule has 1 aromatic heterocycles. The van der Waals surface area contributed by atoms with Gasteiger partial charge in [-0.15, -0.1) is 0 Å². The average Bonchev–Trinajstić information content (AvgIpc) is 3.35. The lowest BCUT2D eigenvalue weighted by atomic mass is 10.1. The van der Waals surface area contributed by atoms with Crippen molar-refractivity contribution in [2.24, 2.45) is 5.92 Å².